The van der Waals surface area contributed by atoms with Gasteiger partial charge in [0, 0.05) is 12.5 Å². The van der Waals surface area contributed by atoms with E-state index in [0.717, 1.165) is 6.42 Å². The van der Waals surface area contributed by atoms with Gasteiger partial charge in [-0.1, -0.05) is 6.92 Å². The van der Waals surface area contributed by atoms with Gasteiger partial charge in [-0.05, 0) is 30.7 Å². The third-order valence-electron chi connectivity index (χ3n) is 2.14. The minimum atomic E-state index is -1.21. The van der Waals surface area contributed by atoms with Gasteiger partial charge < -0.3 is 14.9 Å². The van der Waals surface area contributed by atoms with E-state index < -0.39 is 11.6 Å². The minimum absolute atomic E-state index is 0.117. The number of aliphatic hydroxyl groups excluding tert-OH is 1. The quantitative estimate of drug-likeness (QED) is 0.562. The Morgan fingerprint density at radius 2 is 2.44 bits per heavy atom. The Kier molecular flexibility index (Phi) is 4.31. The molecule has 0 aliphatic heterocycles. The average Bonchev–Trinajstić information content (AvgIpc) is 2.28. The smallest absolute Gasteiger partial charge is 0.330 e. The van der Waals surface area contributed by atoms with Gasteiger partial charge in [0.1, 0.15) is 11.4 Å². The molecule has 1 unspecified atom stereocenters. The molecule has 0 aromatic carbocycles. The number of carbonyl (C=O) groups excluding carboxylic acids is 1. The molecule has 1 rings (SSSR count). The molecule has 2 N–H and O–H groups in total. The summed E-state index contributed by atoms with van der Waals surface area (Å²) in [6, 6.07) is 0. The molecule has 0 saturated heterocycles. The molecule has 0 radical (unpaired) electrons. The summed E-state index contributed by atoms with van der Waals surface area (Å²) < 4.78 is 4.82. The number of rotatable bonds is 4. The Balaban J connectivity index is 2.51. The predicted molar refractivity (Wildman–Crippen MR) is 59.8 cm³/mol. The molecule has 0 amide bonds. The number of carbonyl (C=O) groups is 1. The van der Waals surface area contributed by atoms with Crippen molar-refractivity contribution in [3.8, 4) is 0 Å². The molecule has 0 fully saturated rings. The van der Waals surface area contributed by atoms with Crippen molar-refractivity contribution in [2.45, 2.75) is 25.4 Å². The predicted octanol–water partition coefficient (Wildman–Crippen LogP) is 1.63. The molecule has 1 aliphatic rings. The van der Waals surface area contributed by atoms with Gasteiger partial charge in [-0.15, -0.1) is 0 Å². The summed E-state index contributed by atoms with van der Waals surface area (Å²) >= 11 is 0. The second kappa shape index (κ2) is 5.51. The zero-order valence-corrected chi connectivity index (χ0v) is 9.22. The lowest BCUT2D eigenvalue weighted by Gasteiger charge is -2.21. The van der Waals surface area contributed by atoms with Gasteiger partial charge >= 0.3 is 5.97 Å². The topological polar surface area (TPSA) is 66.8 Å². The van der Waals surface area contributed by atoms with Crippen LogP contribution in [-0.2, 0) is 9.53 Å². The number of ether oxygens (including phenoxy) is 1. The number of hydrogen-bond acceptors (Lipinski definition) is 4. The molecule has 88 valence electrons. The van der Waals surface area contributed by atoms with Gasteiger partial charge in [-0.3, -0.25) is 0 Å². The van der Waals surface area contributed by atoms with Crippen LogP contribution in [0.2, 0.25) is 0 Å². The number of allylic oxidation sites excluding steroid dienone is 1. The van der Waals surface area contributed by atoms with E-state index in [0.29, 0.717) is 6.61 Å². The highest BCUT2D eigenvalue weighted by molar-refractivity contribution is 5.82. The van der Waals surface area contributed by atoms with Crippen LogP contribution in [0.1, 0.15) is 19.8 Å². The van der Waals surface area contributed by atoms with Crippen LogP contribution < -0.4 is 0 Å². The summed E-state index contributed by atoms with van der Waals surface area (Å²) in [5, 5.41) is 19.0. The molecule has 0 aromatic heterocycles. The Labute approximate surface area is 94.5 Å². The van der Waals surface area contributed by atoms with Gasteiger partial charge in [-0.2, -0.15) is 0 Å². The lowest BCUT2D eigenvalue weighted by molar-refractivity contribution is -0.137. The van der Waals surface area contributed by atoms with Crippen molar-refractivity contribution < 1.29 is 19.7 Å². The molecule has 16 heavy (non-hydrogen) atoms. The van der Waals surface area contributed by atoms with E-state index in [4.69, 9.17) is 9.84 Å². The Bertz CT molecular complexity index is 341. The standard InChI is InChI=1S/C12H16O4/c1-2-9-16-11(14)5-8-12(15)6-3-10(13)4-7-12/h3-6,8,13,15H,2,7,9H2,1H3. The highest BCUT2D eigenvalue weighted by atomic mass is 16.5. The number of esters is 1. The molecule has 0 aromatic rings. The molecule has 1 atom stereocenters. The largest absolute Gasteiger partial charge is 0.508 e. The molecular weight excluding hydrogens is 208 g/mol. The van der Waals surface area contributed by atoms with E-state index in [-0.39, 0.29) is 12.2 Å². The van der Waals surface area contributed by atoms with Crippen molar-refractivity contribution in [1.82, 2.24) is 0 Å². The summed E-state index contributed by atoms with van der Waals surface area (Å²) in [5.74, 6) is -0.353. The van der Waals surface area contributed by atoms with Gasteiger partial charge in [0.05, 0.1) is 6.61 Å². The maximum Gasteiger partial charge on any atom is 0.330 e. The maximum absolute atomic E-state index is 11.1. The second-order valence-corrected chi connectivity index (χ2v) is 3.66. The number of hydrogen-bond donors (Lipinski definition) is 2. The van der Waals surface area contributed by atoms with Crippen LogP contribution in [-0.4, -0.2) is 28.4 Å². The van der Waals surface area contributed by atoms with Crippen molar-refractivity contribution in [3.63, 3.8) is 0 Å². The summed E-state index contributed by atoms with van der Waals surface area (Å²) in [4.78, 5) is 11.1. The molecule has 1 aliphatic carbocycles. The van der Waals surface area contributed by atoms with Crippen LogP contribution in [0.5, 0.6) is 0 Å². The van der Waals surface area contributed by atoms with Crippen LogP contribution >= 0.6 is 0 Å². The van der Waals surface area contributed by atoms with E-state index in [9.17, 15) is 9.90 Å². The third kappa shape index (κ3) is 3.90. The first kappa shape index (κ1) is 12.5. The average molecular weight is 224 g/mol. The molecule has 0 spiro atoms. The molecule has 0 bridgehead atoms. The van der Waals surface area contributed by atoms with Crippen LogP contribution in [0.15, 0.2) is 36.1 Å². The van der Waals surface area contributed by atoms with Crippen LogP contribution in [0.4, 0.5) is 0 Å². The Morgan fingerprint density at radius 1 is 1.69 bits per heavy atom. The Morgan fingerprint density at radius 3 is 3.00 bits per heavy atom. The van der Waals surface area contributed by atoms with E-state index >= 15 is 0 Å². The first-order valence-electron chi connectivity index (χ1n) is 5.22. The molecule has 4 heteroatoms. The van der Waals surface area contributed by atoms with Gasteiger partial charge in [0.15, 0.2) is 0 Å². The van der Waals surface area contributed by atoms with Crippen molar-refractivity contribution in [3.05, 3.63) is 36.1 Å². The van der Waals surface area contributed by atoms with Crippen molar-refractivity contribution in [2.24, 2.45) is 0 Å². The highest BCUT2D eigenvalue weighted by Crippen LogP contribution is 2.21. The van der Waals surface area contributed by atoms with E-state index in [2.05, 4.69) is 0 Å². The Hall–Kier alpha value is -1.55. The molecule has 0 saturated carbocycles. The van der Waals surface area contributed by atoms with E-state index in [1.165, 1.54) is 30.4 Å². The lowest BCUT2D eigenvalue weighted by Crippen LogP contribution is -2.24. The van der Waals surface area contributed by atoms with E-state index in [1.54, 1.807) is 0 Å². The third-order valence-corrected chi connectivity index (χ3v) is 2.14. The molecular formula is C12H16O4. The minimum Gasteiger partial charge on any atom is -0.508 e. The summed E-state index contributed by atoms with van der Waals surface area (Å²) in [6.45, 7) is 2.28. The summed E-state index contributed by atoms with van der Waals surface area (Å²) in [7, 11) is 0. The van der Waals surface area contributed by atoms with E-state index in [1.807, 2.05) is 6.92 Å². The monoisotopic (exact) mass is 224 g/mol. The van der Waals surface area contributed by atoms with Crippen LogP contribution in [0, 0.1) is 0 Å². The first-order valence-corrected chi connectivity index (χ1v) is 5.22. The fraction of sp³-hybridized carbons (Fsp3) is 0.417. The SMILES string of the molecule is CCCOC(=O)C=CC1(O)C=CC(O)=CC1. The summed E-state index contributed by atoms with van der Waals surface area (Å²) in [6.07, 6.45) is 7.90. The molecule has 0 heterocycles. The second-order valence-electron chi connectivity index (χ2n) is 3.66. The van der Waals surface area contributed by atoms with Crippen molar-refractivity contribution >= 4 is 5.97 Å². The van der Waals surface area contributed by atoms with Gasteiger partial charge in [-0.25, -0.2) is 4.79 Å². The maximum atomic E-state index is 11.1. The van der Waals surface area contributed by atoms with Crippen molar-refractivity contribution in [2.75, 3.05) is 6.61 Å². The van der Waals surface area contributed by atoms with Crippen LogP contribution in [0.25, 0.3) is 0 Å². The summed E-state index contributed by atoms with van der Waals surface area (Å²) in [5.41, 5.74) is -1.21. The zero-order chi connectivity index (χ0) is 12.0. The fourth-order valence-corrected chi connectivity index (χ4v) is 1.22. The normalized spacial score (nSPS) is 24.5. The van der Waals surface area contributed by atoms with Gasteiger partial charge in [0.2, 0.25) is 0 Å². The number of aliphatic hydroxyl groups is 2. The van der Waals surface area contributed by atoms with Crippen molar-refractivity contribution in [1.29, 1.82) is 0 Å². The first-order chi connectivity index (χ1) is 7.56. The highest BCUT2D eigenvalue weighted by Gasteiger charge is 2.21. The lowest BCUT2D eigenvalue weighted by atomic mass is 9.94. The van der Waals surface area contributed by atoms with Crippen LogP contribution in [0.3, 0.4) is 0 Å². The zero-order valence-electron chi connectivity index (χ0n) is 9.22. The van der Waals surface area contributed by atoms with Gasteiger partial charge in [0.25, 0.3) is 0 Å². The molecule has 4 nitrogen and oxygen atoms in total. The fourth-order valence-electron chi connectivity index (χ4n) is 1.22.